The fourth-order valence-corrected chi connectivity index (χ4v) is 2.08. The lowest BCUT2D eigenvalue weighted by atomic mass is 10.1. The molecule has 0 aliphatic heterocycles. The summed E-state index contributed by atoms with van der Waals surface area (Å²) >= 11 is 6.09. The van der Waals surface area contributed by atoms with Crippen LogP contribution in [-0.4, -0.2) is 4.98 Å². The summed E-state index contributed by atoms with van der Waals surface area (Å²) in [6.07, 6.45) is 1.86. The van der Waals surface area contributed by atoms with Gasteiger partial charge in [-0.3, -0.25) is 4.98 Å². The third-order valence-electron chi connectivity index (χ3n) is 2.57. The second-order valence-electron chi connectivity index (χ2n) is 3.48. The summed E-state index contributed by atoms with van der Waals surface area (Å²) in [4.78, 5) is 4.38. The summed E-state index contributed by atoms with van der Waals surface area (Å²) < 4.78 is 0. The van der Waals surface area contributed by atoms with Crippen molar-refractivity contribution in [1.29, 1.82) is 0 Å². The van der Waals surface area contributed by atoms with E-state index < -0.39 is 0 Å². The maximum absolute atomic E-state index is 6.09. The highest BCUT2D eigenvalue weighted by Crippen LogP contribution is 2.27. The third-order valence-corrected chi connectivity index (χ3v) is 2.88. The van der Waals surface area contributed by atoms with E-state index in [0.29, 0.717) is 5.02 Å². The summed E-state index contributed by atoms with van der Waals surface area (Å²) in [5, 5.41) is 4.16. The highest BCUT2D eigenvalue weighted by Gasteiger charge is 2.03. The zero-order valence-corrected chi connectivity index (χ0v) is 8.70. The van der Waals surface area contributed by atoms with Crippen molar-refractivity contribution >= 4 is 33.3 Å². The summed E-state index contributed by atoms with van der Waals surface area (Å²) in [7, 11) is 0. The van der Waals surface area contributed by atoms with E-state index in [1.807, 2.05) is 30.5 Å². The molecule has 0 bridgehead atoms. The predicted molar refractivity (Wildman–Crippen MR) is 64.3 cm³/mol. The van der Waals surface area contributed by atoms with Crippen LogP contribution in [0.15, 0.2) is 48.7 Å². The Balaban J connectivity index is 2.60. The normalized spacial score (nSPS) is 11.0. The number of pyridine rings is 1. The highest BCUT2D eigenvalue weighted by atomic mass is 35.5. The van der Waals surface area contributed by atoms with Gasteiger partial charge in [0.05, 0.1) is 10.5 Å². The Morgan fingerprint density at radius 2 is 1.67 bits per heavy atom. The molecular weight excluding hydrogens is 206 g/mol. The van der Waals surface area contributed by atoms with E-state index in [-0.39, 0.29) is 0 Å². The molecule has 0 aliphatic carbocycles. The Bertz CT molecular complexity index is 646. The monoisotopic (exact) mass is 213 g/mol. The minimum Gasteiger partial charge on any atom is -0.254 e. The maximum atomic E-state index is 6.09. The molecule has 0 aliphatic rings. The second kappa shape index (κ2) is 3.21. The number of hydrogen-bond acceptors (Lipinski definition) is 1. The van der Waals surface area contributed by atoms with E-state index in [4.69, 9.17) is 11.6 Å². The van der Waals surface area contributed by atoms with Crippen molar-refractivity contribution in [2.45, 2.75) is 0 Å². The number of para-hydroxylation sites is 1. The molecule has 2 aromatic carbocycles. The molecule has 15 heavy (non-hydrogen) atoms. The molecule has 0 saturated carbocycles. The number of nitrogens with zero attached hydrogens (tertiary/aromatic N) is 1. The molecular formula is C13H8ClN. The molecule has 0 spiro atoms. The molecule has 72 valence electrons. The summed E-state index contributed by atoms with van der Waals surface area (Å²) in [6.45, 7) is 0. The lowest BCUT2D eigenvalue weighted by Crippen LogP contribution is -1.82. The van der Waals surface area contributed by atoms with Gasteiger partial charge in [-0.2, -0.15) is 0 Å². The van der Waals surface area contributed by atoms with Gasteiger partial charge in [-0.1, -0.05) is 48.0 Å². The van der Waals surface area contributed by atoms with E-state index in [2.05, 4.69) is 23.2 Å². The molecule has 0 radical (unpaired) electrons. The Morgan fingerprint density at radius 3 is 2.60 bits per heavy atom. The first-order valence-electron chi connectivity index (χ1n) is 4.78. The first-order chi connectivity index (χ1) is 7.36. The number of halogens is 1. The number of benzene rings is 2. The second-order valence-corrected chi connectivity index (χ2v) is 3.89. The average Bonchev–Trinajstić information content (AvgIpc) is 2.29. The molecule has 0 saturated heterocycles. The van der Waals surface area contributed by atoms with Crippen molar-refractivity contribution in [3.63, 3.8) is 0 Å². The van der Waals surface area contributed by atoms with Crippen molar-refractivity contribution < 1.29 is 0 Å². The molecule has 0 N–H and O–H groups in total. The lowest BCUT2D eigenvalue weighted by Gasteiger charge is -2.03. The Labute approximate surface area is 92.3 Å². The predicted octanol–water partition coefficient (Wildman–Crippen LogP) is 4.04. The standard InChI is InChI=1S/C13H8ClN/c14-12-7-3-6-11-10-5-2-1-4-9(10)8-15-13(11)12/h1-8H. The molecule has 2 heteroatoms. The van der Waals surface area contributed by atoms with Gasteiger partial charge in [0, 0.05) is 17.0 Å². The van der Waals surface area contributed by atoms with Crippen molar-refractivity contribution in [2.24, 2.45) is 0 Å². The van der Waals surface area contributed by atoms with Gasteiger partial charge in [-0.05, 0) is 11.5 Å². The van der Waals surface area contributed by atoms with Crippen LogP contribution in [0.3, 0.4) is 0 Å². The van der Waals surface area contributed by atoms with Crippen molar-refractivity contribution in [3.8, 4) is 0 Å². The third kappa shape index (κ3) is 1.28. The van der Waals surface area contributed by atoms with Gasteiger partial charge < -0.3 is 0 Å². The van der Waals surface area contributed by atoms with Crippen LogP contribution in [0.2, 0.25) is 5.02 Å². The average molecular weight is 214 g/mol. The zero-order valence-electron chi connectivity index (χ0n) is 7.94. The van der Waals surface area contributed by atoms with Gasteiger partial charge in [0.2, 0.25) is 0 Å². The smallest absolute Gasteiger partial charge is 0.0894 e. The molecule has 1 nitrogen and oxygen atoms in total. The van der Waals surface area contributed by atoms with Crippen LogP contribution in [0.25, 0.3) is 21.7 Å². The van der Waals surface area contributed by atoms with Crippen molar-refractivity contribution in [3.05, 3.63) is 53.7 Å². The van der Waals surface area contributed by atoms with Gasteiger partial charge in [-0.25, -0.2) is 0 Å². The molecule has 0 unspecified atom stereocenters. The fraction of sp³-hybridized carbons (Fsp3) is 0. The van der Waals surface area contributed by atoms with Crippen molar-refractivity contribution in [1.82, 2.24) is 4.98 Å². The van der Waals surface area contributed by atoms with Crippen LogP contribution in [0.4, 0.5) is 0 Å². The molecule has 1 aromatic heterocycles. The van der Waals surface area contributed by atoms with Crippen LogP contribution in [0.1, 0.15) is 0 Å². The van der Waals surface area contributed by atoms with Gasteiger partial charge in [0.25, 0.3) is 0 Å². The molecule has 0 fully saturated rings. The first kappa shape index (κ1) is 8.69. The maximum Gasteiger partial charge on any atom is 0.0894 e. The van der Waals surface area contributed by atoms with Gasteiger partial charge in [-0.15, -0.1) is 0 Å². The summed E-state index contributed by atoms with van der Waals surface area (Å²) in [5.41, 5.74) is 0.873. The topological polar surface area (TPSA) is 12.9 Å². The SMILES string of the molecule is Clc1cccc2c1ncc1ccccc12. The van der Waals surface area contributed by atoms with E-state index in [9.17, 15) is 0 Å². The molecule has 0 amide bonds. The molecule has 0 atom stereocenters. The zero-order chi connectivity index (χ0) is 10.3. The lowest BCUT2D eigenvalue weighted by molar-refractivity contribution is 1.44. The van der Waals surface area contributed by atoms with E-state index in [1.54, 1.807) is 0 Å². The van der Waals surface area contributed by atoms with Crippen LogP contribution in [-0.2, 0) is 0 Å². The largest absolute Gasteiger partial charge is 0.254 e. The summed E-state index contributed by atoms with van der Waals surface area (Å²) in [6, 6.07) is 14.1. The van der Waals surface area contributed by atoms with Crippen molar-refractivity contribution in [2.75, 3.05) is 0 Å². The van der Waals surface area contributed by atoms with Crippen LogP contribution >= 0.6 is 11.6 Å². The molecule has 3 aromatic rings. The number of rotatable bonds is 0. The van der Waals surface area contributed by atoms with Crippen LogP contribution < -0.4 is 0 Å². The summed E-state index contributed by atoms with van der Waals surface area (Å²) in [5.74, 6) is 0. The Hall–Kier alpha value is -1.60. The van der Waals surface area contributed by atoms with Gasteiger partial charge >= 0.3 is 0 Å². The Kier molecular flexibility index (Phi) is 1.86. The highest BCUT2D eigenvalue weighted by molar-refractivity contribution is 6.35. The number of hydrogen-bond donors (Lipinski definition) is 0. The number of fused-ring (bicyclic) bond motifs is 3. The molecule has 3 rings (SSSR count). The quantitative estimate of drug-likeness (QED) is 0.514. The number of aromatic nitrogens is 1. The minimum atomic E-state index is 0.707. The van der Waals surface area contributed by atoms with Gasteiger partial charge in [0.15, 0.2) is 0 Å². The van der Waals surface area contributed by atoms with E-state index in [1.165, 1.54) is 5.39 Å². The van der Waals surface area contributed by atoms with Gasteiger partial charge in [0.1, 0.15) is 0 Å². The van der Waals surface area contributed by atoms with Crippen LogP contribution in [0.5, 0.6) is 0 Å². The fourth-order valence-electron chi connectivity index (χ4n) is 1.85. The van der Waals surface area contributed by atoms with E-state index in [0.717, 1.165) is 16.3 Å². The minimum absolute atomic E-state index is 0.707. The van der Waals surface area contributed by atoms with Crippen LogP contribution in [0, 0.1) is 0 Å². The van der Waals surface area contributed by atoms with E-state index >= 15 is 0 Å². The first-order valence-corrected chi connectivity index (χ1v) is 5.16. The Morgan fingerprint density at radius 1 is 0.867 bits per heavy atom. The molecule has 1 heterocycles.